The summed E-state index contributed by atoms with van der Waals surface area (Å²) >= 11 is 0. The van der Waals surface area contributed by atoms with Crippen LogP contribution in [0.2, 0.25) is 0 Å². The first-order valence-corrected chi connectivity index (χ1v) is 16.1. The van der Waals surface area contributed by atoms with Crippen molar-refractivity contribution in [2.24, 2.45) is 0 Å². The highest BCUT2D eigenvalue weighted by atomic mass is 31.2. The van der Waals surface area contributed by atoms with Crippen LogP contribution in [0.15, 0.2) is 133 Å². The molecule has 0 saturated carbocycles. The molecule has 1 aliphatic heterocycles. The van der Waals surface area contributed by atoms with Gasteiger partial charge in [0.25, 0.3) is 0 Å². The van der Waals surface area contributed by atoms with Gasteiger partial charge in [0, 0.05) is 35.1 Å². The molecule has 4 nitrogen and oxygen atoms in total. The maximum absolute atomic E-state index is 14.8. The Balaban J connectivity index is 1.62. The topological polar surface area (TPSA) is 52.6 Å². The van der Waals surface area contributed by atoms with E-state index in [4.69, 9.17) is 9.47 Å². The van der Waals surface area contributed by atoms with Gasteiger partial charge in [-0.15, -0.1) is 0 Å². The Morgan fingerprint density at radius 1 is 0.486 bits per heavy atom. The molecule has 0 saturated heterocycles. The summed E-state index contributed by atoms with van der Waals surface area (Å²) in [4.78, 5) is 0. The second kappa shape index (κ2) is 10.2. The van der Waals surface area contributed by atoms with Gasteiger partial charge in [0.2, 0.25) is 5.79 Å². The standard InChI is InChI=1S/C31H30O4P2/c1-31(2)34-29(23-36(32,25-15-7-3-8-16-25)26-17-9-4-10-18-26)30(35-31)24-37(33,27-19-11-5-12-20-27)28-21-13-6-14-22-28/h3-22H,23-24H2,1-2H3. The molecule has 0 radical (unpaired) electrons. The van der Waals surface area contributed by atoms with E-state index in [9.17, 15) is 9.13 Å². The van der Waals surface area contributed by atoms with E-state index in [2.05, 4.69) is 0 Å². The number of hydrogen-bond donors (Lipinski definition) is 0. The molecule has 0 aromatic heterocycles. The molecule has 1 aliphatic rings. The zero-order chi connectivity index (χ0) is 25.9. The zero-order valence-corrected chi connectivity index (χ0v) is 22.8. The molecule has 0 atom stereocenters. The summed E-state index contributed by atoms with van der Waals surface area (Å²) in [6.45, 7) is 3.65. The largest absolute Gasteiger partial charge is 0.453 e. The smallest absolute Gasteiger partial charge is 0.245 e. The van der Waals surface area contributed by atoms with Crippen LogP contribution in [0.1, 0.15) is 13.8 Å². The van der Waals surface area contributed by atoms with Gasteiger partial charge >= 0.3 is 0 Å². The fourth-order valence-electron chi connectivity index (χ4n) is 4.71. The number of benzene rings is 4. The van der Waals surface area contributed by atoms with Crippen molar-refractivity contribution in [3.63, 3.8) is 0 Å². The van der Waals surface area contributed by atoms with Crippen LogP contribution in [0.25, 0.3) is 0 Å². The number of allylic oxidation sites excluding steroid dienone is 2. The summed E-state index contributed by atoms with van der Waals surface area (Å²) in [6.07, 6.45) is 0.284. The quantitative estimate of drug-likeness (QED) is 0.263. The number of hydrogen-bond acceptors (Lipinski definition) is 4. The van der Waals surface area contributed by atoms with Crippen molar-refractivity contribution < 1.29 is 18.6 Å². The van der Waals surface area contributed by atoms with E-state index in [0.717, 1.165) is 21.2 Å². The summed E-state index contributed by atoms with van der Waals surface area (Å²) in [5, 5.41) is 2.98. The van der Waals surface area contributed by atoms with E-state index in [1.165, 1.54) is 0 Å². The first-order chi connectivity index (χ1) is 17.8. The Morgan fingerprint density at radius 2 is 0.730 bits per heavy atom. The van der Waals surface area contributed by atoms with Crippen LogP contribution in [0, 0.1) is 0 Å². The lowest BCUT2D eigenvalue weighted by Gasteiger charge is -2.22. The first kappa shape index (κ1) is 25.3. The highest BCUT2D eigenvalue weighted by Crippen LogP contribution is 2.52. The zero-order valence-electron chi connectivity index (χ0n) is 21.0. The molecule has 0 N–H and O–H groups in total. The summed E-state index contributed by atoms with van der Waals surface area (Å²) in [6, 6.07) is 38.0. The fraction of sp³-hybridized carbons (Fsp3) is 0.161. The maximum atomic E-state index is 14.8. The van der Waals surface area contributed by atoms with Gasteiger partial charge < -0.3 is 18.6 Å². The lowest BCUT2D eigenvalue weighted by atomic mass is 10.4. The summed E-state index contributed by atoms with van der Waals surface area (Å²) in [5.41, 5.74) is 0. The van der Waals surface area contributed by atoms with Crippen LogP contribution in [0.3, 0.4) is 0 Å². The van der Waals surface area contributed by atoms with Crippen molar-refractivity contribution in [3.8, 4) is 0 Å². The minimum absolute atomic E-state index is 0.142. The molecular weight excluding hydrogens is 498 g/mol. The first-order valence-electron chi connectivity index (χ1n) is 12.3. The maximum Gasteiger partial charge on any atom is 0.245 e. The van der Waals surface area contributed by atoms with E-state index >= 15 is 0 Å². The Labute approximate surface area is 218 Å². The third kappa shape index (κ3) is 5.23. The van der Waals surface area contributed by atoms with E-state index < -0.39 is 20.1 Å². The molecule has 188 valence electrons. The minimum atomic E-state index is -3.13. The van der Waals surface area contributed by atoms with E-state index in [-0.39, 0.29) is 12.3 Å². The molecular formula is C31H30O4P2. The second-order valence-electron chi connectivity index (χ2n) is 9.59. The van der Waals surface area contributed by atoms with Gasteiger partial charge in [-0.05, 0) is 0 Å². The van der Waals surface area contributed by atoms with Crippen LogP contribution in [0.4, 0.5) is 0 Å². The van der Waals surface area contributed by atoms with Crippen molar-refractivity contribution in [2.45, 2.75) is 19.6 Å². The van der Waals surface area contributed by atoms with Gasteiger partial charge in [0.15, 0.2) is 14.3 Å². The average Bonchev–Trinajstić information content (AvgIpc) is 3.22. The molecule has 5 rings (SSSR count). The summed E-state index contributed by atoms with van der Waals surface area (Å²) in [5.74, 6) is 0.0300. The summed E-state index contributed by atoms with van der Waals surface area (Å²) < 4.78 is 42.2. The van der Waals surface area contributed by atoms with E-state index in [0.29, 0.717) is 11.5 Å². The lowest BCUT2D eigenvalue weighted by molar-refractivity contribution is -0.121. The fourth-order valence-corrected chi connectivity index (χ4v) is 9.94. The molecule has 0 unspecified atom stereocenters. The van der Waals surface area contributed by atoms with Gasteiger partial charge in [0.1, 0.15) is 11.5 Å². The monoisotopic (exact) mass is 528 g/mol. The highest BCUT2D eigenvalue weighted by Gasteiger charge is 2.42. The van der Waals surface area contributed by atoms with Crippen LogP contribution < -0.4 is 21.2 Å². The second-order valence-corrected chi connectivity index (χ2v) is 15.2. The third-order valence-corrected chi connectivity index (χ3v) is 12.5. The van der Waals surface area contributed by atoms with Gasteiger partial charge in [-0.3, -0.25) is 0 Å². The molecule has 0 amide bonds. The number of rotatable bonds is 8. The third-order valence-electron chi connectivity index (χ3n) is 6.47. The van der Waals surface area contributed by atoms with Crippen LogP contribution >= 0.6 is 14.3 Å². The molecule has 4 aromatic carbocycles. The van der Waals surface area contributed by atoms with Crippen molar-refractivity contribution in [1.82, 2.24) is 0 Å². The Morgan fingerprint density at radius 3 is 0.973 bits per heavy atom. The Kier molecular flexibility index (Phi) is 6.99. The molecule has 0 aliphatic carbocycles. The molecule has 6 heteroatoms. The van der Waals surface area contributed by atoms with Crippen molar-refractivity contribution in [2.75, 3.05) is 12.3 Å². The number of ether oxygens (including phenoxy) is 2. The SMILES string of the molecule is CC1(C)OC(CP(=O)(c2ccccc2)c2ccccc2)=C(CP(=O)(c2ccccc2)c2ccccc2)O1. The minimum Gasteiger partial charge on any atom is -0.453 e. The van der Waals surface area contributed by atoms with E-state index in [1.807, 2.05) is 135 Å². The predicted molar refractivity (Wildman–Crippen MR) is 153 cm³/mol. The van der Waals surface area contributed by atoms with Crippen LogP contribution in [0.5, 0.6) is 0 Å². The van der Waals surface area contributed by atoms with Gasteiger partial charge in [-0.25, -0.2) is 0 Å². The normalized spacial score (nSPS) is 15.2. The average molecular weight is 529 g/mol. The Bertz CT molecular complexity index is 1280. The van der Waals surface area contributed by atoms with Gasteiger partial charge in [-0.1, -0.05) is 121 Å². The van der Waals surface area contributed by atoms with Crippen molar-refractivity contribution in [3.05, 3.63) is 133 Å². The summed E-state index contributed by atoms with van der Waals surface area (Å²) in [7, 11) is -6.26. The Hall–Kier alpha value is -3.32. The molecule has 37 heavy (non-hydrogen) atoms. The van der Waals surface area contributed by atoms with Crippen LogP contribution in [-0.4, -0.2) is 18.1 Å². The van der Waals surface area contributed by atoms with Gasteiger partial charge in [0.05, 0.1) is 12.3 Å². The molecule has 0 fully saturated rings. The molecule has 1 heterocycles. The lowest BCUT2D eigenvalue weighted by Crippen LogP contribution is -2.23. The van der Waals surface area contributed by atoms with Gasteiger partial charge in [-0.2, -0.15) is 0 Å². The van der Waals surface area contributed by atoms with Crippen molar-refractivity contribution in [1.29, 1.82) is 0 Å². The molecule has 4 aromatic rings. The van der Waals surface area contributed by atoms with Crippen LogP contribution in [-0.2, 0) is 18.6 Å². The predicted octanol–water partition coefficient (Wildman–Crippen LogP) is 6.01. The molecule has 0 spiro atoms. The highest BCUT2D eigenvalue weighted by molar-refractivity contribution is 7.79. The van der Waals surface area contributed by atoms with Crippen molar-refractivity contribution >= 4 is 35.5 Å². The van der Waals surface area contributed by atoms with E-state index in [1.54, 1.807) is 0 Å². The molecule has 0 bridgehead atoms.